The van der Waals surface area contributed by atoms with Gasteiger partial charge in [-0.25, -0.2) is 9.37 Å². The monoisotopic (exact) mass is 610 g/mol. The number of aromatic nitrogens is 1. The van der Waals surface area contributed by atoms with Crippen LogP contribution in [0.5, 0.6) is 0 Å². The first-order valence-corrected chi connectivity index (χ1v) is 16.8. The van der Waals surface area contributed by atoms with Crippen LogP contribution in [0.25, 0.3) is 16.6 Å². The van der Waals surface area contributed by atoms with Crippen LogP contribution in [0, 0.1) is 18.7 Å². The van der Waals surface area contributed by atoms with Gasteiger partial charge in [-0.15, -0.1) is 11.6 Å². The van der Waals surface area contributed by atoms with Gasteiger partial charge in [0.1, 0.15) is 5.82 Å². The minimum atomic E-state index is -0.608. The fourth-order valence-corrected chi connectivity index (χ4v) is 8.79. The molecule has 0 radical (unpaired) electrons. The zero-order valence-corrected chi connectivity index (χ0v) is 27.3. The highest BCUT2D eigenvalue weighted by Gasteiger charge is 2.45. The smallest absolute Gasteiger partial charge is 0.128 e. The summed E-state index contributed by atoms with van der Waals surface area (Å²) >= 11 is 7.33. The Bertz CT molecular complexity index is 1730. The Kier molecular flexibility index (Phi) is 7.12. The molecule has 5 aliphatic rings. The van der Waals surface area contributed by atoms with Gasteiger partial charge in [0.15, 0.2) is 0 Å². The van der Waals surface area contributed by atoms with Crippen molar-refractivity contribution in [1.29, 1.82) is 0 Å². The predicted octanol–water partition coefficient (Wildman–Crippen LogP) is 9.13. The van der Waals surface area contributed by atoms with E-state index in [-0.39, 0.29) is 11.9 Å². The maximum atomic E-state index is 15.4. The van der Waals surface area contributed by atoms with Crippen molar-refractivity contribution < 1.29 is 4.39 Å². The van der Waals surface area contributed by atoms with Gasteiger partial charge in [-0.05, 0) is 92.2 Å². The number of likely N-dealkylation sites (tertiary alicyclic amines) is 1. The normalized spacial score (nSPS) is 25.8. The predicted molar refractivity (Wildman–Crippen MR) is 180 cm³/mol. The molecule has 4 nitrogen and oxygen atoms in total. The summed E-state index contributed by atoms with van der Waals surface area (Å²) in [5.74, 6) is 0.269. The van der Waals surface area contributed by atoms with E-state index in [1.807, 2.05) is 6.92 Å². The summed E-state index contributed by atoms with van der Waals surface area (Å²) in [5, 5.41) is 4.63. The van der Waals surface area contributed by atoms with Gasteiger partial charge in [0.2, 0.25) is 0 Å². The lowest BCUT2D eigenvalue weighted by molar-refractivity contribution is 0.269. The lowest BCUT2D eigenvalue weighted by atomic mass is 9.75. The molecular formula is C38H44ClFN4. The number of nitrogens with zero attached hydrogens (tertiary/aromatic N) is 3. The molecule has 2 unspecified atom stereocenters. The molecule has 0 bridgehead atoms. The topological polar surface area (TPSA) is 31.4 Å². The van der Waals surface area contributed by atoms with Gasteiger partial charge in [-0.2, -0.15) is 0 Å². The maximum Gasteiger partial charge on any atom is 0.128 e. The van der Waals surface area contributed by atoms with Crippen LogP contribution < -0.4 is 5.32 Å². The first-order chi connectivity index (χ1) is 21.1. The first-order valence-electron chi connectivity index (χ1n) is 16.4. The molecule has 1 saturated heterocycles. The van der Waals surface area contributed by atoms with E-state index in [2.05, 4.69) is 61.4 Å². The van der Waals surface area contributed by atoms with Gasteiger partial charge in [0, 0.05) is 53.1 Å². The van der Waals surface area contributed by atoms with E-state index in [9.17, 15) is 0 Å². The molecule has 2 aromatic rings. The number of aryl methyl sites for hydroxylation is 1. The molecular weight excluding hydrogens is 567 g/mol. The van der Waals surface area contributed by atoms with Crippen LogP contribution in [0.1, 0.15) is 92.8 Å². The van der Waals surface area contributed by atoms with Crippen LogP contribution in [0.4, 0.5) is 4.39 Å². The number of pyridine rings is 1. The molecule has 6 heteroatoms. The molecule has 3 aliphatic heterocycles. The second-order valence-electron chi connectivity index (χ2n) is 13.3. The molecule has 44 heavy (non-hydrogen) atoms. The van der Waals surface area contributed by atoms with Crippen molar-refractivity contribution in [1.82, 2.24) is 20.1 Å². The van der Waals surface area contributed by atoms with Crippen LogP contribution in [0.2, 0.25) is 0 Å². The molecule has 1 aromatic heterocycles. The molecule has 230 valence electrons. The van der Waals surface area contributed by atoms with Crippen LogP contribution >= 0.6 is 11.6 Å². The Hall–Kier alpha value is -3.31. The van der Waals surface area contributed by atoms with Gasteiger partial charge in [-0.1, -0.05) is 45.7 Å². The zero-order chi connectivity index (χ0) is 31.1. The average Bonchev–Trinajstić information content (AvgIpc) is 3.57. The number of fused-ring (bicyclic) bond motifs is 4. The second kappa shape index (κ2) is 10.7. The van der Waals surface area contributed by atoms with Gasteiger partial charge in [0.25, 0.3) is 0 Å². The lowest BCUT2D eigenvalue weighted by Gasteiger charge is -2.41. The Morgan fingerprint density at radius 3 is 2.70 bits per heavy atom. The van der Waals surface area contributed by atoms with Crippen molar-refractivity contribution in [3.63, 3.8) is 0 Å². The van der Waals surface area contributed by atoms with E-state index >= 15 is 4.39 Å². The number of benzene rings is 1. The molecule has 1 N–H and O–H groups in total. The Morgan fingerprint density at radius 1 is 1.16 bits per heavy atom. The van der Waals surface area contributed by atoms with E-state index < -0.39 is 4.87 Å². The fraction of sp³-hybridized carbons (Fsp3) is 0.447. The van der Waals surface area contributed by atoms with Crippen LogP contribution in [0.15, 0.2) is 72.3 Å². The molecule has 1 fully saturated rings. The molecule has 2 aliphatic carbocycles. The van der Waals surface area contributed by atoms with Gasteiger partial charge in [0.05, 0.1) is 34.4 Å². The summed E-state index contributed by atoms with van der Waals surface area (Å²) in [6.45, 7) is 26.5. The van der Waals surface area contributed by atoms with E-state index in [1.54, 1.807) is 6.07 Å². The SMILES string of the molecule is C=C(CC)NCCC1CCN(C2CCc3c(C)c(F)cc4nc5c(c2c34)CN2C(=C)C3=C(C=C52)[C@@](Cl)(CC)C(=C)CC3)C1=C. The summed E-state index contributed by atoms with van der Waals surface area (Å²) in [6, 6.07) is 1.84. The van der Waals surface area contributed by atoms with E-state index in [4.69, 9.17) is 16.6 Å². The summed E-state index contributed by atoms with van der Waals surface area (Å²) in [6.07, 6.45) is 9.65. The Balaban J connectivity index is 1.34. The van der Waals surface area contributed by atoms with Crippen molar-refractivity contribution in [3.8, 4) is 0 Å². The number of rotatable bonds is 7. The number of halogens is 2. The summed E-state index contributed by atoms with van der Waals surface area (Å²) in [5.41, 5.74) is 13.9. The van der Waals surface area contributed by atoms with Crippen LogP contribution in [0.3, 0.4) is 0 Å². The first kappa shape index (κ1) is 29.4. The number of nitrogens with one attached hydrogen (secondary N) is 1. The van der Waals surface area contributed by atoms with E-state index in [0.29, 0.717) is 5.92 Å². The molecule has 4 heterocycles. The Labute approximate surface area is 266 Å². The van der Waals surface area contributed by atoms with E-state index in [1.165, 1.54) is 22.4 Å². The number of hydrogen-bond acceptors (Lipinski definition) is 4. The van der Waals surface area contributed by atoms with Crippen molar-refractivity contribution in [2.45, 2.75) is 89.6 Å². The van der Waals surface area contributed by atoms with Gasteiger partial charge in [-0.3, -0.25) is 0 Å². The van der Waals surface area contributed by atoms with Crippen LogP contribution in [-0.2, 0) is 13.0 Å². The molecule has 1 aromatic carbocycles. The highest BCUT2D eigenvalue weighted by atomic mass is 35.5. The van der Waals surface area contributed by atoms with Crippen molar-refractivity contribution in [3.05, 3.63) is 106 Å². The third kappa shape index (κ3) is 4.18. The highest BCUT2D eigenvalue weighted by molar-refractivity contribution is 6.28. The number of allylic oxidation sites excluding steroid dienone is 6. The summed E-state index contributed by atoms with van der Waals surface area (Å²) in [7, 11) is 0. The number of alkyl halides is 1. The van der Waals surface area contributed by atoms with Crippen molar-refractivity contribution in [2.75, 3.05) is 13.1 Å². The molecule has 0 amide bonds. The Morgan fingerprint density at radius 2 is 1.95 bits per heavy atom. The van der Waals surface area contributed by atoms with Gasteiger partial charge < -0.3 is 15.1 Å². The minimum absolute atomic E-state index is 0.174. The standard InChI is InChI=1S/C38H44ClFN4/c1-8-22(4)41-16-14-26-15-17-43(24(26)6)33-13-12-27-23(5)31(40)19-32-35(27)36(33)29-20-44-25(7)28-11-10-21(3)38(39,9-2)30(28)18-34(44)37(29)42-32/h18-19,26,33,41H,3-4,6-17,20H2,1-2,5H3/t26?,33?,38-/m1/s1. The summed E-state index contributed by atoms with van der Waals surface area (Å²) in [4.78, 5) is 9.51. The lowest BCUT2D eigenvalue weighted by Crippen LogP contribution is -2.34. The fourth-order valence-electron chi connectivity index (χ4n) is 8.52. The quantitative estimate of drug-likeness (QED) is 0.250. The highest BCUT2D eigenvalue weighted by Crippen LogP contribution is 2.55. The molecule has 3 atom stereocenters. The van der Waals surface area contributed by atoms with Crippen LogP contribution in [-0.4, -0.2) is 32.7 Å². The number of hydrogen-bond donors (Lipinski definition) is 1. The largest absolute Gasteiger partial charge is 0.389 e. The molecule has 0 saturated carbocycles. The minimum Gasteiger partial charge on any atom is -0.389 e. The molecule has 7 rings (SSSR count). The third-order valence-electron chi connectivity index (χ3n) is 11.3. The average molecular weight is 611 g/mol. The third-order valence-corrected chi connectivity index (χ3v) is 12.0. The zero-order valence-electron chi connectivity index (χ0n) is 26.5. The molecule has 0 spiro atoms. The second-order valence-corrected chi connectivity index (χ2v) is 14.0. The van der Waals surface area contributed by atoms with Gasteiger partial charge >= 0.3 is 0 Å². The summed E-state index contributed by atoms with van der Waals surface area (Å²) < 4.78 is 15.4. The maximum absolute atomic E-state index is 15.4. The van der Waals surface area contributed by atoms with Crippen molar-refractivity contribution >= 4 is 28.2 Å². The van der Waals surface area contributed by atoms with Crippen molar-refractivity contribution in [2.24, 2.45) is 5.92 Å². The van der Waals surface area contributed by atoms with E-state index in [0.717, 1.165) is 127 Å².